The molecule has 7 nitrogen and oxygen atoms in total. The number of thioether (sulfide) groups is 1. The minimum Gasteiger partial charge on any atom is -0.493 e. The molecule has 1 amide bonds. The molecule has 0 bridgehead atoms. The molecule has 0 spiro atoms. The third kappa shape index (κ3) is 4.78. The minimum atomic E-state index is -1.03. The lowest BCUT2D eigenvalue weighted by Crippen LogP contribution is -2.19. The summed E-state index contributed by atoms with van der Waals surface area (Å²) < 4.78 is 10.8. The van der Waals surface area contributed by atoms with Crippen LogP contribution in [0.25, 0.3) is 6.08 Å². The summed E-state index contributed by atoms with van der Waals surface area (Å²) in [5.41, 5.74) is 2.23. The molecule has 2 N–H and O–H groups in total. The van der Waals surface area contributed by atoms with Gasteiger partial charge in [0.2, 0.25) is 0 Å². The molecule has 2 aromatic carbocycles. The van der Waals surface area contributed by atoms with E-state index in [1.54, 1.807) is 31.4 Å². The number of aliphatic imine (C=N–C) groups is 1. The molecule has 1 heterocycles. The van der Waals surface area contributed by atoms with E-state index in [2.05, 4.69) is 10.3 Å². The van der Waals surface area contributed by atoms with Crippen LogP contribution in [0.2, 0.25) is 0 Å². The number of ether oxygens (including phenoxy) is 2. The summed E-state index contributed by atoms with van der Waals surface area (Å²) in [4.78, 5) is 28.4. The second-order valence-electron chi connectivity index (χ2n) is 6.13. The maximum Gasteiger partial charge on any atom is 0.335 e. The molecule has 3 rings (SSSR count). The molecule has 0 unspecified atom stereocenters. The number of rotatable bonds is 6. The quantitative estimate of drug-likeness (QED) is 0.697. The van der Waals surface area contributed by atoms with E-state index in [9.17, 15) is 9.59 Å². The highest BCUT2D eigenvalue weighted by molar-refractivity contribution is 8.18. The number of benzene rings is 2. The molecule has 2 aromatic rings. The van der Waals surface area contributed by atoms with Gasteiger partial charge in [0.05, 0.1) is 29.9 Å². The number of hydrogen-bond donors (Lipinski definition) is 2. The number of carbonyl (C=O) groups excluding carboxylic acids is 1. The van der Waals surface area contributed by atoms with Crippen LogP contribution in [-0.4, -0.2) is 35.9 Å². The van der Waals surface area contributed by atoms with Crippen LogP contribution in [0.15, 0.2) is 46.3 Å². The van der Waals surface area contributed by atoms with Crippen LogP contribution in [-0.2, 0) is 4.79 Å². The van der Waals surface area contributed by atoms with Crippen LogP contribution in [0.1, 0.15) is 28.4 Å². The Bertz CT molecular complexity index is 1030. The van der Waals surface area contributed by atoms with Gasteiger partial charge in [-0.1, -0.05) is 12.1 Å². The molecular formula is C21H20N2O5S. The predicted molar refractivity (Wildman–Crippen MR) is 113 cm³/mol. The Labute approximate surface area is 172 Å². The van der Waals surface area contributed by atoms with E-state index in [4.69, 9.17) is 14.6 Å². The van der Waals surface area contributed by atoms with Gasteiger partial charge in [-0.05, 0) is 67.1 Å². The SMILES string of the molecule is CCOc1ccc(/C=C2\SC(=Nc3cc(C(=O)O)ccc3C)NC2=O)cc1OC. The van der Waals surface area contributed by atoms with Crippen LogP contribution >= 0.6 is 11.8 Å². The molecule has 8 heteroatoms. The van der Waals surface area contributed by atoms with E-state index < -0.39 is 5.97 Å². The number of methoxy groups -OCH3 is 1. The number of amides is 1. The summed E-state index contributed by atoms with van der Waals surface area (Å²) in [5.74, 6) is -0.0791. The number of nitrogens with zero attached hydrogens (tertiary/aromatic N) is 1. The fourth-order valence-corrected chi connectivity index (χ4v) is 3.49. The van der Waals surface area contributed by atoms with Gasteiger partial charge < -0.3 is 19.9 Å². The smallest absolute Gasteiger partial charge is 0.335 e. The van der Waals surface area contributed by atoms with E-state index in [-0.39, 0.29) is 11.5 Å². The monoisotopic (exact) mass is 412 g/mol. The van der Waals surface area contributed by atoms with Crippen molar-refractivity contribution in [1.29, 1.82) is 0 Å². The van der Waals surface area contributed by atoms with E-state index in [0.717, 1.165) is 11.1 Å². The maximum absolute atomic E-state index is 12.3. The highest BCUT2D eigenvalue weighted by Crippen LogP contribution is 2.32. The van der Waals surface area contributed by atoms with Gasteiger partial charge in [-0.15, -0.1) is 0 Å². The molecule has 0 aromatic heterocycles. The van der Waals surface area contributed by atoms with Crippen molar-refractivity contribution in [2.24, 2.45) is 4.99 Å². The van der Waals surface area contributed by atoms with Crippen molar-refractivity contribution in [3.63, 3.8) is 0 Å². The number of carbonyl (C=O) groups is 2. The lowest BCUT2D eigenvalue weighted by Gasteiger charge is -2.09. The average Bonchev–Trinajstić information content (AvgIpc) is 3.03. The predicted octanol–water partition coefficient (Wildman–Crippen LogP) is 3.99. The highest BCUT2D eigenvalue weighted by atomic mass is 32.2. The Hall–Kier alpha value is -3.26. The van der Waals surface area contributed by atoms with E-state index in [1.807, 2.05) is 19.9 Å². The number of hydrogen-bond acceptors (Lipinski definition) is 6. The Balaban J connectivity index is 1.86. The number of carboxylic acid groups (broad SMARTS) is 1. The van der Waals surface area contributed by atoms with Crippen LogP contribution in [0.5, 0.6) is 11.5 Å². The first-order valence-electron chi connectivity index (χ1n) is 8.85. The number of carboxylic acids is 1. The average molecular weight is 412 g/mol. The van der Waals surface area contributed by atoms with Crippen molar-refractivity contribution in [3.05, 3.63) is 58.0 Å². The van der Waals surface area contributed by atoms with Gasteiger partial charge in [-0.25, -0.2) is 9.79 Å². The minimum absolute atomic E-state index is 0.140. The first kappa shape index (κ1) is 20.5. The number of aromatic carboxylic acids is 1. The third-order valence-corrected chi connectivity index (χ3v) is 5.02. The fraction of sp³-hybridized carbons (Fsp3) is 0.190. The second kappa shape index (κ2) is 8.83. The summed E-state index contributed by atoms with van der Waals surface area (Å²) in [7, 11) is 1.56. The number of aryl methyl sites for hydroxylation is 1. The third-order valence-electron chi connectivity index (χ3n) is 4.11. The molecule has 0 aliphatic carbocycles. The van der Waals surface area contributed by atoms with E-state index >= 15 is 0 Å². The Kier molecular flexibility index (Phi) is 6.23. The largest absolute Gasteiger partial charge is 0.493 e. The second-order valence-corrected chi connectivity index (χ2v) is 7.16. The molecule has 0 saturated carbocycles. The number of amidine groups is 1. The molecule has 29 heavy (non-hydrogen) atoms. The lowest BCUT2D eigenvalue weighted by molar-refractivity contribution is -0.115. The molecule has 0 radical (unpaired) electrons. The van der Waals surface area contributed by atoms with Crippen molar-refractivity contribution in [1.82, 2.24) is 5.32 Å². The summed E-state index contributed by atoms with van der Waals surface area (Å²) in [6, 6.07) is 10.1. The summed E-state index contributed by atoms with van der Waals surface area (Å²) >= 11 is 1.19. The molecule has 0 atom stereocenters. The highest BCUT2D eigenvalue weighted by Gasteiger charge is 2.24. The van der Waals surface area contributed by atoms with Gasteiger partial charge >= 0.3 is 5.97 Å². The molecule has 150 valence electrons. The molecule has 1 aliphatic rings. The molecular weight excluding hydrogens is 392 g/mol. The van der Waals surface area contributed by atoms with Crippen molar-refractivity contribution in [2.45, 2.75) is 13.8 Å². The van der Waals surface area contributed by atoms with Crippen molar-refractivity contribution in [3.8, 4) is 11.5 Å². The first-order chi connectivity index (χ1) is 13.9. The lowest BCUT2D eigenvalue weighted by atomic mass is 10.1. The van der Waals surface area contributed by atoms with Crippen LogP contribution in [0, 0.1) is 6.92 Å². The molecule has 1 fully saturated rings. The summed E-state index contributed by atoms with van der Waals surface area (Å²) in [5, 5.41) is 12.3. The van der Waals surface area contributed by atoms with Crippen LogP contribution < -0.4 is 14.8 Å². The van der Waals surface area contributed by atoms with Crippen molar-refractivity contribution < 1.29 is 24.2 Å². The normalized spacial score (nSPS) is 16.2. The van der Waals surface area contributed by atoms with Gasteiger partial charge in [-0.3, -0.25) is 4.79 Å². The van der Waals surface area contributed by atoms with Gasteiger partial charge in [-0.2, -0.15) is 0 Å². The fourth-order valence-electron chi connectivity index (χ4n) is 2.65. The van der Waals surface area contributed by atoms with E-state index in [0.29, 0.717) is 33.9 Å². The first-order valence-corrected chi connectivity index (χ1v) is 9.67. The summed E-state index contributed by atoms with van der Waals surface area (Å²) in [6.07, 6.45) is 1.74. The maximum atomic E-state index is 12.3. The molecule has 1 aliphatic heterocycles. The Morgan fingerprint density at radius 1 is 1.24 bits per heavy atom. The van der Waals surface area contributed by atoms with Crippen LogP contribution in [0.3, 0.4) is 0 Å². The van der Waals surface area contributed by atoms with E-state index in [1.165, 1.54) is 23.9 Å². The standard InChI is InChI=1S/C21H20N2O5S/c1-4-28-16-8-6-13(9-17(16)27-3)10-18-19(24)23-21(29-18)22-15-11-14(20(25)26)7-5-12(15)2/h5-11H,4H2,1-3H3,(H,25,26)(H,22,23,24)/b18-10-. The number of nitrogens with one attached hydrogen (secondary N) is 1. The molecule has 1 saturated heterocycles. The van der Waals surface area contributed by atoms with Gasteiger partial charge in [0, 0.05) is 0 Å². The van der Waals surface area contributed by atoms with Crippen LogP contribution in [0.4, 0.5) is 5.69 Å². The van der Waals surface area contributed by atoms with Gasteiger partial charge in [0.1, 0.15) is 0 Å². The zero-order valence-electron chi connectivity index (χ0n) is 16.2. The van der Waals surface area contributed by atoms with Crippen molar-refractivity contribution >= 4 is 40.6 Å². The van der Waals surface area contributed by atoms with Gasteiger partial charge in [0.25, 0.3) is 5.91 Å². The topological polar surface area (TPSA) is 97.2 Å². The Morgan fingerprint density at radius 3 is 2.72 bits per heavy atom. The Morgan fingerprint density at radius 2 is 2.03 bits per heavy atom. The van der Waals surface area contributed by atoms with Crippen molar-refractivity contribution in [2.75, 3.05) is 13.7 Å². The van der Waals surface area contributed by atoms with Gasteiger partial charge in [0.15, 0.2) is 16.7 Å². The zero-order chi connectivity index (χ0) is 21.0. The zero-order valence-corrected chi connectivity index (χ0v) is 17.0. The summed E-state index contributed by atoms with van der Waals surface area (Å²) in [6.45, 7) is 4.25.